The summed E-state index contributed by atoms with van der Waals surface area (Å²) in [6.45, 7) is 0.674. The van der Waals surface area contributed by atoms with Gasteiger partial charge in [0.05, 0.1) is 0 Å². The molecule has 0 saturated heterocycles. The molecule has 1 amide bonds. The molecule has 108 valence electrons. The van der Waals surface area contributed by atoms with E-state index in [2.05, 4.69) is 5.32 Å². The summed E-state index contributed by atoms with van der Waals surface area (Å²) in [7, 11) is 0. The Morgan fingerprint density at radius 2 is 1.79 bits per heavy atom. The van der Waals surface area contributed by atoms with E-state index in [1.54, 1.807) is 0 Å². The van der Waals surface area contributed by atoms with Crippen molar-refractivity contribution >= 4 is 5.91 Å². The van der Waals surface area contributed by atoms with Crippen molar-refractivity contribution in [2.45, 2.75) is 63.8 Å². The fourth-order valence-corrected chi connectivity index (χ4v) is 4.81. The largest absolute Gasteiger partial charge is 0.353 e. The zero-order valence-electron chi connectivity index (χ0n) is 11.9. The molecule has 0 aromatic heterocycles. The molecule has 3 fully saturated rings. The van der Waals surface area contributed by atoms with Crippen LogP contribution in [0.1, 0.15) is 57.8 Å². The van der Waals surface area contributed by atoms with E-state index < -0.39 is 0 Å². The molecule has 3 saturated carbocycles. The number of carbonyl (C=O) groups is 1. The van der Waals surface area contributed by atoms with Gasteiger partial charge in [-0.15, -0.1) is 0 Å². The maximum Gasteiger partial charge on any atom is 0.223 e. The van der Waals surface area contributed by atoms with Crippen molar-refractivity contribution in [3.63, 3.8) is 0 Å². The molecule has 0 spiro atoms. The predicted molar refractivity (Wildman–Crippen MR) is 76.5 cm³/mol. The molecule has 0 aromatic rings. The van der Waals surface area contributed by atoms with Crippen LogP contribution in [-0.2, 0) is 4.79 Å². The van der Waals surface area contributed by atoms with Crippen LogP contribution in [0.5, 0.6) is 0 Å². The highest BCUT2D eigenvalue weighted by Gasteiger charge is 2.37. The van der Waals surface area contributed by atoms with Crippen molar-refractivity contribution in [1.29, 1.82) is 0 Å². The standard InChI is InChI=1S/C16H28N2O/c17-10-13-5-2-6-15(13)16(19)18-14-8-7-11-3-1-4-12(11)9-14/h11-15H,1-10,17H2,(H,18,19)/t11?,12?,13-,14?,15-/m1/s1. The molecule has 0 heterocycles. The Morgan fingerprint density at radius 3 is 2.63 bits per heavy atom. The smallest absolute Gasteiger partial charge is 0.223 e. The third-order valence-corrected chi connectivity index (χ3v) is 5.93. The van der Waals surface area contributed by atoms with Crippen LogP contribution in [0.2, 0.25) is 0 Å². The van der Waals surface area contributed by atoms with E-state index in [4.69, 9.17) is 5.73 Å². The van der Waals surface area contributed by atoms with Crippen molar-refractivity contribution < 1.29 is 4.79 Å². The normalized spacial score (nSPS) is 42.1. The van der Waals surface area contributed by atoms with Crippen LogP contribution in [0.3, 0.4) is 0 Å². The molecule has 0 aliphatic heterocycles. The summed E-state index contributed by atoms with van der Waals surface area (Å²) in [5, 5.41) is 3.34. The molecule has 3 unspecified atom stereocenters. The highest BCUT2D eigenvalue weighted by molar-refractivity contribution is 5.79. The maximum absolute atomic E-state index is 12.4. The number of amides is 1. The van der Waals surface area contributed by atoms with Crippen molar-refractivity contribution in [3.8, 4) is 0 Å². The highest BCUT2D eigenvalue weighted by atomic mass is 16.2. The van der Waals surface area contributed by atoms with Gasteiger partial charge in [-0.05, 0) is 56.4 Å². The van der Waals surface area contributed by atoms with Crippen LogP contribution in [0.25, 0.3) is 0 Å². The van der Waals surface area contributed by atoms with Crippen LogP contribution in [0, 0.1) is 23.7 Å². The van der Waals surface area contributed by atoms with E-state index in [-0.39, 0.29) is 5.92 Å². The summed E-state index contributed by atoms with van der Waals surface area (Å²) >= 11 is 0. The van der Waals surface area contributed by atoms with Crippen molar-refractivity contribution in [3.05, 3.63) is 0 Å². The van der Waals surface area contributed by atoms with Crippen LogP contribution >= 0.6 is 0 Å². The van der Waals surface area contributed by atoms with E-state index in [1.165, 1.54) is 44.9 Å². The molecule has 3 aliphatic rings. The van der Waals surface area contributed by atoms with E-state index in [1.807, 2.05) is 0 Å². The van der Waals surface area contributed by atoms with Crippen LogP contribution in [0.15, 0.2) is 0 Å². The van der Waals surface area contributed by atoms with E-state index >= 15 is 0 Å². The zero-order chi connectivity index (χ0) is 13.2. The molecular formula is C16H28N2O. The molecule has 0 radical (unpaired) electrons. The first kappa shape index (κ1) is 13.4. The molecule has 3 N–H and O–H groups in total. The molecule has 0 bridgehead atoms. The van der Waals surface area contributed by atoms with E-state index in [0.29, 0.717) is 24.4 Å². The van der Waals surface area contributed by atoms with Gasteiger partial charge < -0.3 is 11.1 Å². The summed E-state index contributed by atoms with van der Waals surface area (Å²) in [5.74, 6) is 2.80. The summed E-state index contributed by atoms with van der Waals surface area (Å²) in [6, 6.07) is 0.450. The molecule has 5 atom stereocenters. The second kappa shape index (κ2) is 5.82. The van der Waals surface area contributed by atoms with Gasteiger partial charge in [0.25, 0.3) is 0 Å². The molecule has 0 aromatic carbocycles. The molecule has 19 heavy (non-hydrogen) atoms. The second-order valence-corrected chi connectivity index (χ2v) is 7.00. The van der Waals surface area contributed by atoms with Gasteiger partial charge in [-0.1, -0.05) is 25.7 Å². The topological polar surface area (TPSA) is 55.1 Å². The molecule has 3 rings (SSSR count). The van der Waals surface area contributed by atoms with E-state index in [9.17, 15) is 4.79 Å². The van der Waals surface area contributed by atoms with Crippen molar-refractivity contribution in [1.82, 2.24) is 5.32 Å². The van der Waals surface area contributed by atoms with Crippen molar-refractivity contribution in [2.24, 2.45) is 29.4 Å². The lowest BCUT2D eigenvalue weighted by Gasteiger charge is -2.33. The van der Waals surface area contributed by atoms with Gasteiger partial charge in [0.2, 0.25) is 5.91 Å². The molecular weight excluding hydrogens is 236 g/mol. The van der Waals surface area contributed by atoms with Gasteiger partial charge in [-0.3, -0.25) is 4.79 Å². The van der Waals surface area contributed by atoms with Crippen molar-refractivity contribution in [2.75, 3.05) is 6.54 Å². The van der Waals surface area contributed by atoms with E-state index in [0.717, 1.165) is 24.7 Å². The molecule has 3 aliphatic carbocycles. The first-order chi connectivity index (χ1) is 9.28. The van der Waals surface area contributed by atoms with Crippen LogP contribution in [-0.4, -0.2) is 18.5 Å². The Labute approximate surface area is 116 Å². The number of nitrogens with one attached hydrogen (secondary N) is 1. The summed E-state index contributed by atoms with van der Waals surface area (Å²) in [4.78, 5) is 12.4. The number of carbonyl (C=O) groups excluding carboxylic acids is 1. The van der Waals surface area contributed by atoms with Gasteiger partial charge in [0.1, 0.15) is 0 Å². The average Bonchev–Trinajstić information content (AvgIpc) is 3.06. The van der Waals surface area contributed by atoms with Gasteiger partial charge >= 0.3 is 0 Å². The third-order valence-electron chi connectivity index (χ3n) is 5.93. The lowest BCUT2D eigenvalue weighted by atomic mass is 9.79. The number of hydrogen-bond acceptors (Lipinski definition) is 2. The summed E-state index contributed by atoms with van der Waals surface area (Å²) < 4.78 is 0. The van der Waals surface area contributed by atoms with Gasteiger partial charge in [0.15, 0.2) is 0 Å². The maximum atomic E-state index is 12.4. The highest BCUT2D eigenvalue weighted by Crippen LogP contribution is 2.42. The number of fused-ring (bicyclic) bond motifs is 1. The Hall–Kier alpha value is -0.570. The molecule has 3 heteroatoms. The minimum absolute atomic E-state index is 0.200. The quantitative estimate of drug-likeness (QED) is 0.822. The first-order valence-electron chi connectivity index (χ1n) is 8.28. The average molecular weight is 264 g/mol. The predicted octanol–water partition coefficient (Wildman–Crippen LogP) is 2.45. The monoisotopic (exact) mass is 264 g/mol. The Bertz CT molecular complexity index is 331. The van der Waals surface area contributed by atoms with Gasteiger partial charge in [0, 0.05) is 12.0 Å². The number of nitrogens with two attached hydrogens (primary N) is 1. The summed E-state index contributed by atoms with van der Waals surface area (Å²) in [5.41, 5.74) is 5.79. The Morgan fingerprint density at radius 1 is 1.00 bits per heavy atom. The Balaban J connectivity index is 1.52. The third kappa shape index (κ3) is 2.81. The minimum Gasteiger partial charge on any atom is -0.353 e. The van der Waals surface area contributed by atoms with Crippen LogP contribution < -0.4 is 11.1 Å². The lowest BCUT2D eigenvalue weighted by molar-refractivity contribution is -0.127. The minimum atomic E-state index is 0.200. The SMILES string of the molecule is NC[C@H]1CCC[C@H]1C(=O)NC1CCC2CCCC2C1. The fourth-order valence-electron chi connectivity index (χ4n) is 4.81. The zero-order valence-corrected chi connectivity index (χ0v) is 11.9. The lowest BCUT2D eigenvalue weighted by Crippen LogP contribution is -2.44. The summed E-state index contributed by atoms with van der Waals surface area (Å²) in [6.07, 6.45) is 11.4. The van der Waals surface area contributed by atoms with Gasteiger partial charge in [-0.25, -0.2) is 0 Å². The van der Waals surface area contributed by atoms with Gasteiger partial charge in [-0.2, -0.15) is 0 Å². The number of rotatable bonds is 3. The first-order valence-corrected chi connectivity index (χ1v) is 8.28. The second-order valence-electron chi connectivity index (χ2n) is 7.00. The van der Waals surface area contributed by atoms with Crippen LogP contribution in [0.4, 0.5) is 0 Å². The Kier molecular flexibility index (Phi) is 4.11. The number of hydrogen-bond donors (Lipinski definition) is 2. The fraction of sp³-hybridized carbons (Fsp3) is 0.938. The molecule has 3 nitrogen and oxygen atoms in total.